The van der Waals surface area contributed by atoms with E-state index in [0.29, 0.717) is 6.54 Å². The van der Waals surface area contributed by atoms with Crippen LogP contribution in [0.4, 0.5) is 0 Å². The highest BCUT2D eigenvalue weighted by Crippen LogP contribution is 2.28. The van der Waals surface area contributed by atoms with Crippen LogP contribution in [-0.4, -0.2) is 15.3 Å². The van der Waals surface area contributed by atoms with Crippen LogP contribution >= 0.6 is 23.1 Å². The third-order valence-electron chi connectivity index (χ3n) is 3.00. The van der Waals surface area contributed by atoms with Gasteiger partial charge in [-0.2, -0.15) is 0 Å². The Morgan fingerprint density at radius 1 is 1.47 bits per heavy atom. The van der Waals surface area contributed by atoms with Gasteiger partial charge < -0.3 is 0 Å². The summed E-state index contributed by atoms with van der Waals surface area (Å²) in [6.07, 6.45) is 2.81. The van der Waals surface area contributed by atoms with E-state index in [0.717, 1.165) is 33.1 Å². The molecule has 2 aromatic heterocycles. The first kappa shape index (κ1) is 14.3. The maximum atomic E-state index is 12.6. The molecule has 0 aromatic carbocycles. The quantitative estimate of drug-likeness (QED) is 0.478. The van der Waals surface area contributed by atoms with Gasteiger partial charge in [0.05, 0.1) is 5.39 Å². The van der Waals surface area contributed by atoms with Gasteiger partial charge in [0.25, 0.3) is 5.56 Å². The second kappa shape index (κ2) is 5.92. The van der Waals surface area contributed by atoms with Crippen LogP contribution in [0.2, 0.25) is 0 Å². The van der Waals surface area contributed by atoms with Crippen LogP contribution < -0.4 is 5.56 Å². The lowest BCUT2D eigenvalue weighted by molar-refractivity contribution is 0.672. The first-order valence-corrected chi connectivity index (χ1v) is 8.14. The molecular formula is C14H18N2OS2. The summed E-state index contributed by atoms with van der Waals surface area (Å²) in [5, 5.41) is 1.57. The van der Waals surface area contributed by atoms with Gasteiger partial charge >= 0.3 is 0 Å². The Balaban J connectivity index is 2.70. The van der Waals surface area contributed by atoms with E-state index in [2.05, 4.69) is 18.5 Å². The highest BCUT2D eigenvalue weighted by atomic mass is 32.2. The normalized spacial score (nSPS) is 11.1. The molecule has 2 rings (SSSR count). The molecule has 2 aromatic rings. The highest BCUT2D eigenvalue weighted by molar-refractivity contribution is 7.99. The average molecular weight is 294 g/mol. The van der Waals surface area contributed by atoms with Crippen molar-refractivity contribution in [3.63, 3.8) is 0 Å². The van der Waals surface area contributed by atoms with E-state index in [-0.39, 0.29) is 5.56 Å². The number of nitrogens with zero attached hydrogens (tertiary/aromatic N) is 2. The minimum absolute atomic E-state index is 0.0605. The zero-order chi connectivity index (χ0) is 14.0. The molecule has 0 spiro atoms. The van der Waals surface area contributed by atoms with Crippen molar-refractivity contribution in [3.05, 3.63) is 33.4 Å². The second-order valence-electron chi connectivity index (χ2n) is 4.41. The molecule has 0 bridgehead atoms. The van der Waals surface area contributed by atoms with Gasteiger partial charge in [0.1, 0.15) is 4.83 Å². The van der Waals surface area contributed by atoms with Crippen LogP contribution in [0.15, 0.2) is 22.6 Å². The van der Waals surface area contributed by atoms with E-state index in [1.165, 1.54) is 4.88 Å². The van der Waals surface area contributed by atoms with Gasteiger partial charge in [-0.3, -0.25) is 9.36 Å². The maximum Gasteiger partial charge on any atom is 0.263 e. The molecule has 0 saturated carbocycles. The van der Waals surface area contributed by atoms with Crippen LogP contribution in [0.25, 0.3) is 10.2 Å². The molecule has 2 heterocycles. The van der Waals surface area contributed by atoms with Crippen molar-refractivity contribution in [1.82, 2.24) is 9.55 Å². The van der Waals surface area contributed by atoms with E-state index in [1.807, 2.05) is 13.8 Å². The Morgan fingerprint density at radius 2 is 2.21 bits per heavy atom. The summed E-state index contributed by atoms with van der Waals surface area (Å²) in [6.45, 7) is 10.4. The summed E-state index contributed by atoms with van der Waals surface area (Å²) in [4.78, 5) is 19.3. The number of aromatic nitrogens is 2. The van der Waals surface area contributed by atoms with E-state index >= 15 is 0 Å². The molecular weight excluding hydrogens is 276 g/mol. The molecule has 3 nitrogen and oxygen atoms in total. The van der Waals surface area contributed by atoms with E-state index in [4.69, 9.17) is 0 Å². The molecule has 0 N–H and O–H groups in total. The largest absolute Gasteiger partial charge is 0.283 e. The van der Waals surface area contributed by atoms with Crippen LogP contribution in [0.1, 0.15) is 23.8 Å². The third-order valence-corrected chi connectivity index (χ3v) is 5.28. The smallest absolute Gasteiger partial charge is 0.263 e. The van der Waals surface area contributed by atoms with Gasteiger partial charge in [-0.05, 0) is 25.8 Å². The van der Waals surface area contributed by atoms with Gasteiger partial charge in [0.15, 0.2) is 5.16 Å². The van der Waals surface area contributed by atoms with Crippen LogP contribution in [0, 0.1) is 13.8 Å². The molecule has 0 amide bonds. The Bertz CT molecular complexity index is 670. The lowest BCUT2D eigenvalue weighted by Crippen LogP contribution is -2.22. The number of thiophene rings is 1. The number of hydrogen-bond acceptors (Lipinski definition) is 4. The summed E-state index contributed by atoms with van der Waals surface area (Å²) in [6, 6.07) is 0. The van der Waals surface area contributed by atoms with Crippen LogP contribution in [0.3, 0.4) is 0 Å². The summed E-state index contributed by atoms with van der Waals surface area (Å²) in [7, 11) is 0. The first-order chi connectivity index (χ1) is 9.10. The standard InChI is InChI=1S/C14H18N2OS2/c1-5-7-16-13(17)11-9(3)10(4)19-12(11)15-14(16)18-8-6-2/h5H,1,6-8H2,2-4H3. The Hall–Kier alpha value is -1.07. The van der Waals surface area contributed by atoms with Gasteiger partial charge in [-0.25, -0.2) is 4.98 Å². The van der Waals surface area contributed by atoms with E-state index in [1.54, 1.807) is 33.7 Å². The summed E-state index contributed by atoms with van der Waals surface area (Å²) >= 11 is 3.25. The van der Waals surface area contributed by atoms with Crippen molar-refractivity contribution >= 4 is 33.3 Å². The number of fused-ring (bicyclic) bond motifs is 1. The first-order valence-electron chi connectivity index (χ1n) is 6.34. The number of aryl methyl sites for hydroxylation is 2. The fourth-order valence-corrected chi connectivity index (χ4v) is 3.84. The Morgan fingerprint density at radius 3 is 2.84 bits per heavy atom. The van der Waals surface area contributed by atoms with Gasteiger partial charge in [-0.1, -0.05) is 24.8 Å². The number of allylic oxidation sites excluding steroid dienone is 1. The van der Waals surface area contributed by atoms with Gasteiger partial charge in [-0.15, -0.1) is 17.9 Å². The molecule has 0 aliphatic carbocycles. The maximum absolute atomic E-state index is 12.6. The number of thioether (sulfide) groups is 1. The van der Waals surface area contributed by atoms with Gasteiger partial charge in [0.2, 0.25) is 0 Å². The molecule has 0 atom stereocenters. The topological polar surface area (TPSA) is 34.9 Å². The van der Waals surface area contributed by atoms with Gasteiger partial charge in [0, 0.05) is 17.2 Å². The van der Waals surface area contributed by atoms with Crippen molar-refractivity contribution < 1.29 is 0 Å². The average Bonchev–Trinajstić information content (AvgIpc) is 2.66. The fourth-order valence-electron chi connectivity index (χ4n) is 1.90. The van der Waals surface area contributed by atoms with Crippen molar-refractivity contribution in [3.8, 4) is 0 Å². The zero-order valence-corrected chi connectivity index (χ0v) is 13.2. The Kier molecular flexibility index (Phi) is 4.47. The van der Waals surface area contributed by atoms with Crippen molar-refractivity contribution in [1.29, 1.82) is 0 Å². The lowest BCUT2D eigenvalue weighted by atomic mass is 10.2. The second-order valence-corrected chi connectivity index (χ2v) is 6.68. The fraction of sp³-hybridized carbons (Fsp3) is 0.429. The van der Waals surface area contributed by atoms with Crippen molar-refractivity contribution in [2.24, 2.45) is 0 Å². The molecule has 0 radical (unpaired) electrons. The van der Waals surface area contributed by atoms with Crippen molar-refractivity contribution in [2.75, 3.05) is 5.75 Å². The molecule has 0 aliphatic heterocycles. The van der Waals surface area contributed by atoms with E-state index < -0.39 is 0 Å². The van der Waals surface area contributed by atoms with Crippen LogP contribution in [-0.2, 0) is 6.54 Å². The molecule has 0 saturated heterocycles. The highest BCUT2D eigenvalue weighted by Gasteiger charge is 2.15. The van der Waals surface area contributed by atoms with Crippen LogP contribution in [0.5, 0.6) is 0 Å². The molecule has 102 valence electrons. The predicted octanol–water partition coefficient (Wildman–Crippen LogP) is 3.76. The minimum Gasteiger partial charge on any atom is -0.283 e. The molecule has 0 aliphatic rings. The number of rotatable bonds is 5. The lowest BCUT2D eigenvalue weighted by Gasteiger charge is -2.09. The predicted molar refractivity (Wildman–Crippen MR) is 84.6 cm³/mol. The minimum atomic E-state index is 0.0605. The summed E-state index contributed by atoms with van der Waals surface area (Å²) in [5.74, 6) is 0.971. The van der Waals surface area contributed by atoms with E-state index in [9.17, 15) is 4.79 Å². The number of hydrogen-bond donors (Lipinski definition) is 0. The zero-order valence-electron chi connectivity index (χ0n) is 11.5. The molecule has 19 heavy (non-hydrogen) atoms. The molecule has 0 unspecified atom stereocenters. The summed E-state index contributed by atoms with van der Waals surface area (Å²) in [5.41, 5.74) is 1.12. The summed E-state index contributed by atoms with van der Waals surface area (Å²) < 4.78 is 1.73. The SMILES string of the molecule is C=CCn1c(SCCC)nc2sc(C)c(C)c2c1=O. The molecule has 5 heteroatoms. The Labute approximate surface area is 121 Å². The third kappa shape index (κ3) is 2.62. The van der Waals surface area contributed by atoms with Crippen molar-refractivity contribution in [2.45, 2.75) is 38.9 Å². The monoisotopic (exact) mass is 294 g/mol. The molecule has 0 fully saturated rings.